The number of rotatable bonds is 3. The number of hydrogen-bond acceptors (Lipinski definition) is 4. The molecular weight excluding hydrogens is 233 g/mol. The second-order valence-electron chi connectivity index (χ2n) is 3.95. The molecule has 0 saturated carbocycles. The van der Waals surface area contributed by atoms with E-state index < -0.39 is 11.9 Å². The smallest absolute Gasteiger partial charge is 0.165 e. The maximum atomic E-state index is 13.6. The third-order valence-electron chi connectivity index (χ3n) is 2.65. The van der Waals surface area contributed by atoms with Crippen LogP contribution in [-0.4, -0.2) is 17.1 Å². The van der Waals surface area contributed by atoms with Crippen LogP contribution in [0.2, 0.25) is 0 Å². The van der Waals surface area contributed by atoms with Gasteiger partial charge in [-0.1, -0.05) is 6.07 Å². The molecule has 0 saturated heterocycles. The standard InChI is InChI=1S/C13H14FN3O/c1-8-6-17-11(7-16-8)13(15)9-3-4-12(18-2)10(14)5-9/h3-7,13H,15H2,1-2H3. The van der Waals surface area contributed by atoms with Crippen LogP contribution in [0, 0.1) is 12.7 Å². The molecule has 0 radical (unpaired) electrons. The van der Waals surface area contributed by atoms with Gasteiger partial charge >= 0.3 is 0 Å². The Morgan fingerprint density at radius 2 is 2.06 bits per heavy atom. The molecule has 1 aromatic heterocycles. The molecule has 1 atom stereocenters. The van der Waals surface area contributed by atoms with Crippen LogP contribution in [0.5, 0.6) is 5.75 Å². The molecular formula is C13H14FN3O. The molecule has 0 aliphatic heterocycles. The highest BCUT2D eigenvalue weighted by Crippen LogP contribution is 2.23. The molecule has 18 heavy (non-hydrogen) atoms. The van der Waals surface area contributed by atoms with Gasteiger partial charge in [0.05, 0.1) is 30.7 Å². The van der Waals surface area contributed by atoms with Crippen LogP contribution >= 0.6 is 0 Å². The lowest BCUT2D eigenvalue weighted by molar-refractivity contribution is 0.386. The molecule has 2 rings (SSSR count). The van der Waals surface area contributed by atoms with E-state index in [4.69, 9.17) is 10.5 Å². The van der Waals surface area contributed by atoms with Gasteiger partial charge in [-0.2, -0.15) is 0 Å². The molecule has 2 aromatic rings. The lowest BCUT2D eigenvalue weighted by Gasteiger charge is -2.12. The minimum Gasteiger partial charge on any atom is -0.494 e. The normalized spacial score (nSPS) is 12.2. The maximum absolute atomic E-state index is 13.6. The number of methoxy groups -OCH3 is 1. The van der Waals surface area contributed by atoms with E-state index in [0.29, 0.717) is 11.3 Å². The van der Waals surface area contributed by atoms with E-state index in [-0.39, 0.29) is 5.75 Å². The van der Waals surface area contributed by atoms with E-state index in [9.17, 15) is 4.39 Å². The summed E-state index contributed by atoms with van der Waals surface area (Å²) >= 11 is 0. The zero-order chi connectivity index (χ0) is 13.1. The quantitative estimate of drug-likeness (QED) is 0.900. The molecule has 1 heterocycles. The Morgan fingerprint density at radius 3 is 2.61 bits per heavy atom. The van der Waals surface area contributed by atoms with Crippen LogP contribution in [0.25, 0.3) is 0 Å². The molecule has 0 bridgehead atoms. The van der Waals surface area contributed by atoms with Crippen molar-refractivity contribution >= 4 is 0 Å². The summed E-state index contributed by atoms with van der Waals surface area (Å²) in [5.74, 6) is -0.244. The molecule has 1 unspecified atom stereocenters. The van der Waals surface area contributed by atoms with E-state index in [1.807, 2.05) is 6.92 Å². The molecule has 0 spiro atoms. The number of nitrogens with zero attached hydrogens (tertiary/aromatic N) is 2. The van der Waals surface area contributed by atoms with E-state index in [0.717, 1.165) is 5.69 Å². The Bertz CT molecular complexity index is 542. The van der Waals surface area contributed by atoms with Crippen molar-refractivity contribution in [2.75, 3.05) is 7.11 Å². The Kier molecular flexibility index (Phi) is 3.53. The van der Waals surface area contributed by atoms with Crippen molar-refractivity contribution in [2.45, 2.75) is 13.0 Å². The van der Waals surface area contributed by atoms with Crippen LogP contribution in [0.1, 0.15) is 23.0 Å². The van der Waals surface area contributed by atoms with Gasteiger partial charge in [-0.05, 0) is 24.6 Å². The van der Waals surface area contributed by atoms with Gasteiger partial charge in [0.1, 0.15) is 0 Å². The third kappa shape index (κ3) is 2.46. The zero-order valence-electron chi connectivity index (χ0n) is 10.2. The van der Waals surface area contributed by atoms with E-state index in [1.54, 1.807) is 24.5 Å². The fourth-order valence-electron chi connectivity index (χ4n) is 1.61. The number of aromatic nitrogens is 2. The molecule has 4 nitrogen and oxygen atoms in total. The maximum Gasteiger partial charge on any atom is 0.165 e. The minimum atomic E-state index is -0.501. The Morgan fingerprint density at radius 1 is 1.28 bits per heavy atom. The Labute approximate surface area is 105 Å². The lowest BCUT2D eigenvalue weighted by Crippen LogP contribution is -2.14. The highest BCUT2D eigenvalue weighted by atomic mass is 19.1. The van der Waals surface area contributed by atoms with Crippen molar-refractivity contribution in [1.82, 2.24) is 9.97 Å². The van der Waals surface area contributed by atoms with Crippen LogP contribution in [-0.2, 0) is 0 Å². The number of benzene rings is 1. The minimum absolute atomic E-state index is 0.195. The van der Waals surface area contributed by atoms with Gasteiger partial charge in [0.2, 0.25) is 0 Å². The van der Waals surface area contributed by atoms with Gasteiger partial charge in [-0.3, -0.25) is 9.97 Å². The topological polar surface area (TPSA) is 61.0 Å². The molecule has 1 aromatic carbocycles. The van der Waals surface area contributed by atoms with Gasteiger partial charge in [-0.15, -0.1) is 0 Å². The Hall–Kier alpha value is -2.01. The molecule has 0 aliphatic rings. The second kappa shape index (κ2) is 5.10. The zero-order valence-corrected chi connectivity index (χ0v) is 10.2. The average Bonchev–Trinajstić information content (AvgIpc) is 2.38. The number of aryl methyl sites for hydroxylation is 1. The highest BCUT2D eigenvalue weighted by Gasteiger charge is 2.13. The fraction of sp³-hybridized carbons (Fsp3) is 0.231. The summed E-state index contributed by atoms with van der Waals surface area (Å²) in [5.41, 5.74) is 8.06. The van der Waals surface area contributed by atoms with Crippen LogP contribution in [0.3, 0.4) is 0 Å². The predicted octanol–water partition coefficient (Wildman–Crippen LogP) is 1.98. The van der Waals surface area contributed by atoms with Crippen molar-refractivity contribution in [3.8, 4) is 5.75 Å². The Balaban J connectivity index is 2.31. The second-order valence-corrected chi connectivity index (χ2v) is 3.95. The molecule has 0 aliphatic carbocycles. The summed E-state index contributed by atoms with van der Waals surface area (Å²) in [5, 5.41) is 0. The summed E-state index contributed by atoms with van der Waals surface area (Å²) in [6.07, 6.45) is 3.23. The summed E-state index contributed by atoms with van der Waals surface area (Å²) in [7, 11) is 1.42. The van der Waals surface area contributed by atoms with Gasteiger partial charge in [0, 0.05) is 6.20 Å². The van der Waals surface area contributed by atoms with Crippen molar-refractivity contribution in [2.24, 2.45) is 5.73 Å². The van der Waals surface area contributed by atoms with Gasteiger partial charge in [0.15, 0.2) is 11.6 Å². The van der Waals surface area contributed by atoms with E-state index in [1.165, 1.54) is 13.2 Å². The predicted molar refractivity (Wildman–Crippen MR) is 65.8 cm³/mol. The van der Waals surface area contributed by atoms with Gasteiger partial charge < -0.3 is 10.5 Å². The third-order valence-corrected chi connectivity index (χ3v) is 2.65. The van der Waals surface area contributed by atoms with E-state index in [2.05, 4.69) is 9.97 Å². The van der Waals surface area contributed by atoms with Crippen molar-refractivity contribution in [1.29, 1.82) is 0 Å². The molecule has 0 fully saturated rings. The summed E-state index contributed by atoms with van der Waals surface area (Å²) in [4.78, 5) is 8.31. The van der Waals surface area contributed by atoms with Crippen LogP contribution < -0.4 is 10.5 Å². The molecule has 2 N–H and O–H groups in total. The van der Waals surface area contributed by atoms with Crippen LogP contribution in [0.4, 0.5) is 4.39 Å². The van der Waals surface area contributed by atoms with Crippen molar-refractivity contribution < 1.29 is 9.13 Å². The highest BCUT2D eigenvalue weighted by molar-refractivity contribution is 5.33. The molecule has 0 amide bonds. The van der Waals surface area contributed by atoms with E-state index >= 15 is 0 Å². The number of halogens is 1. The number of hydrogen-bond donors (Lipinski definition) is 1. The van der Waals surface area contributed by atoms with Crippen molar-refractivity contribution in [3.63, 3.8) is 0 Å². The molecule has 94 valence electrons. The first-order valence-corrected chi connectivity index (χ1v) is 5.49. The average molecular weight is 247 g/mol. The summed E-state index contributed by atoms with van der Waals surface area (Å²) in [6, 6.07) is 4.11. The number of nitrogens with two attached hydrogens (primary N) is 1. The van der Waals surface area contributed by atoms with Crippen LogP contribution in [0.15, 0.2) is 30.6 Å². The fourth-order valence-corrected chi connectivity index (χ4v) is 1.61. The first kappa shape index (κ1) is 12.4. The first-order chi connectivity index (χ1) is 8.61. The van der Waals surface area contributed by atoms with Crippen molar-refractivity contribution in [3.05, 3.63) is 53.4 Å². The summed E-state index contributed by atoms with van der Waals surface area (Å²) < 4.78 is 18.4. The molecule has 5 heteroatoms. The first-order valence-electron chi connectivity index (χ1n) is 5.49. The SMILES string of the molecule is COc1ccc(C(N)c2cnc(C)cn2)cc1F. The largest absolute Gasteiger partial charge is 0.494 e. The lowest BCUT2D eigenvalue weighted by atomic mass is 10.0. The number of ether oxygens (including phenoxy) is 1. The van der Waals surface area contributed by atoms with Gasteiger partial charge in [0.25, 0.3) is 0 Å². The summed E-state index contributed by atoms with van der Waals surface area (Å²) in [6.45, 7) is 1.84. The van der Waals surface area contributed by atoms with Gasteiger partial charge in [-0.25, -0.2) is 4.39 Å². The monoisotopic (exact) mass is 247 g/mol.